The van der Waals surface area contributed by atoms with Crippen LogP contribution in [0, 0.1) is 6.92 Å². The number of methoxy groups -OCH3 is 1. The second-order valence-electron chi connectivity index (χ2n) is 4.12. The molecular formula is C14H13ClN2O2. The summed E-state index contributed by atoms with van der Waals surface area (Å²) in [4.78, 5) is 15.9. The van der Waals surface area contributed by atoms with Crippen molar-refractivity contribution in [1.29, 1.82) is 0 Å². The number of nitrogen functional groups attached to an aromatic ring is 1. The number of carbonyl (C=O) groups excluding carboxylic acids is 1. The van der Waals surface area contributed by atoms with Crippen LogP contribution >= 0.6 is 11.6 Å². The summed E-state index contributed by atoms with van der Waals surface area (Å²) in [7, 11) is 1.34. The van der Waals surface area contributed by atoms with Crippen molar-refractivity contribution in [2.75, 3.05) is 12.8 Å². The lowest BCUT2D eigenvalue weighted by molar-refractivity contribution is 0.0600. The molecule has 0 saturated heterocycles. The Labute approximate surface area is 116 Å². The first kappa shape index (κ1) is 13.4. The van der Waals surface area contributed by atoms with E-state index in [1.807, 2.05) is 0 Å². The van der Waals surface area contributed by atoms with Crippen molar-refractivity contribution in [3.05, 3.63) is 46.6 Å². The summed E-state index contributed by atoms with van der Waals surface area (Å²) in [6.07, 6.45) is 1.61. The van der Waals surface area contributed by atoms with Gasteiger partial charge in [0.25, 0.3) is 0 Å². The quantitative estimate of drug-likeness (QED) is 0.676. The van der Waals surface area contributed by atoms with Crippen LogP contribution in [0.1, 0.15) is 15.9 Å². The molecule has 0 saturated carbocycles. The number of hydrogen-bond donors (Lipinski definition) is 1. The highest BCUT2D eigenvalue weighted by Gasteiger charge is 2.13. The van der Waals surface area contributed by atoms with Gasteiger partial charge in [-0.05, 0) is 36.8 Å². The molecule has 0 atom stereocenters. The maximum absolute atomic E-state index is 11.7. The molecule has 1 heterocycles. The Bertz CT molecular complexity index is 641. The van der Waals surface area contributed by atoms with Crippen LogP contribution in [-0.4, -0.2) is 18.1 Å². The molecular weight excluding hydrogens is 264 g/mol. The minimum Gasteiger partial charge on any atom is -0.465 e. The van der Waals surface area contributed by atoms with E-state index in [1.165, 1.54) is 7.11 Å². The minimum atomic E-state index is -0.402. The number of nitrogens with two attached hydrogens (primary N) is 1. The summed E-state index contributed by atoms with van der Waals surface area (Å²) in [5.41, 5.74) is 8.81. The lowest BCUT2D eigenvalue weighted by atomic mass is 10.1. The van der Waals surface area contributed by atoms with E-state index in [1.54, 1.807) is 37.4 Å². The summed E-state index contributed by atoms with van der Waals surface area (Å²) in [5.74, 6) is -0.402. The molecule has 0 aliphatic rings. The highest BCUT2D eigenvalue weighted by molar-refractivity contribution is 6.33. The molecule has 0 amide bonds. The molecule has 0 aliphatic heterocycles. The van der Waals surface area contributed by atoms with E-state index in [9.17, 15) is 4.79 Å². The van der Waals surface area contributed by atoms with Gasteiger partial charge >= 0.3 is 5.97 Å². The Hall–Kier alpha value is -2.07. The molecule has 4 nitrogen and oxygen atoms in total. The second kappa shape index (κ2) is 5.28. The number of anilines is 1. The topological polar surface area (TPSA) is 65.2 Å². The van der Waals surface area contributed by atoms with Gasteiger partial charge in [-0.1, -0.05) is 11.6 Å². The predicted molar refractivity (Wildman–Crippen MR) is 75.2 cm³/mol. The zero-order chi connectivity index (χ0) is 14.0. The Morgan fingerprint density at radius 1 is 1.37 bits per heavy atom. The Morgan fingerprint density at radius 2 is 2.11 bits per heavy atom. The molecule has 2 N–H and O–H groups in total. The summed E-state index contributed by atoms with van der Waals surface area (Å²) in [6.45, 7) is 1.80. The molecule has 2 rings (SSSR count). The van der Waals surface area contributed by atoms with Crippen LogP contribution in [0.5, 0.6) is 0 Å². The molecule has 5 heteroatoms. The molecule has 0 spiro atoms. The van der Waals surface area contributed by atoms with Gasteiger partial charge in [0.1, 0.15) is 0 Å². The number of nitrogens with zero attached hydrogens (tertiary/aromatic N) is 1. The molecule has 0 radical (unpaired) electrons. The van der Waals surface area contributed by atoms with Gasteiger partial charge in [-0.2, -0.15) is 0 Å². The summed E-state index contributed by atoms with van der Waals surface area (Å²) < 4.78 is 4.74. The maximum Gasteiger partial charge on any atom is 0.338 e. The van der Waals surface area contributed by atoms with Crippen molar-refractivity contribution >= 4 is 23.3 Å². The van der Waals surface area contributed by atoms with Gasteiger partial charge in [0.2, 0.25) is 0 Å². The van der Waals surface area contributed by atoms with E-state index in [0.29, 0.717) is 27.5 Å². The van der Waals surface area contributed by atoms with E-state index in [2.05, 4.69) is 4.98 Å². The standard InChI is InChI=1S/C14H13ClN2O2/c1-8-7-17-13(6-10(8)14(18)19-2)11-5-9(16)3-4-12(11)15/h3-7H,16H2,1-2H3. The van der Waals surface area contributed by atoms with Gasteiger partial charge in [-0.3, -0.25) is 4.98 Å². The van der Waals surface area contributed by atoms with Gasteiger partial charge < -0.3 is 10.5 Å². The molecule has 1 aromatic heterocycles. The zero-order valence-corrected chi connectivity index (χ0v) is 11.4. The molecule has 0 aliphatic carbocycles. The van der Waals surface area contributed by atoms with Crippen molar-refractivity contribution in [3.8, 4) is 11.3 Å². The summed E-state index contributed by atoms with van der Waals surface area (Å²) in [6, 6.07) is 6.79. The van der Waals surface area contributed by atoms with Gasteiger partial charge in [0.15, 0.2) is 0 Å². The van der Waals surface area contributed by atoms with E-state index >= 15 is 0 Å². The fourth-order valence-corrected chi connectivity index (χ4v) is 1.95. The molecule has 1 aromatic carbocycles. The lowest BCUT2D eigenvalue weighted by Crippen LogP contribution is -2.05. The molecule has 2 aromatic rings. The van der Waals surface area contributed by atoms with Gasteiger partial charge in [0, 0.05) is 17.4 Å². The smallest absolute Gasteiger partial charge is 0.338 e. The van der Waals surface area contributed by atoms with Crippen LogP contribution in [-0.2, 0) is 4.74 Å². The second-order valence-corrected chi connectivity index (χ2v) is 4.52. The number of rotatable bonds is 2. The van der Waals surface area contributed by atoms with Crippen LogP contribution in [0.3, 0.4) is 0 Å². The first-order chi connectivity index (χ1) is 9.02. The number of ether oxygens (including phenoxy) is 1. The fraction of sp³-hybridized carbons (Fsp3) is 0.143. The number of halogens is 1. The Kier molecular flexibility index (Phi) is 3.71. The minimum absolute atomic E-state index is 0.402. The number of esters is 1. The van der Waals surface area contributed by atoms with Crippen molar-refractivity contribution in [2.45, 2.75) is 6.92 Å². The number of aromatic nitrogens is 1. The monoisotopic (exact) mass is 276 g/mol. The van der Waals surface area contributed by atoms with Crippen LogP contribution in [0.15, 0.2) is 30.5 Å². The maximum atomic E-state index is 11.7. The number of benzene rings is 1. The first-order valence-electron chi connectivity index (χ1n) is 5.63. The van der Waals surface area contributed by atoms with Gasteiger partial charge in [-0.15, -0.1) is 0 Å². The van der Waals surface area contributed by atoms with Crippen LogP contribution < -0.4 is 5.73 Å². The largest absolute Gasteiger partial charge is 0.465 e. The normalized spacial score (nSPS) is 10.3. The van der Waals surface area contributed by atoms with Crippen LogP contribution in [0.25, 0.3) is 11.3 Å². The number of pyridine rings is 1. The third-order valence-corrected chi connectivity index (χ3v) is 3.10. The highest BCUT2D eigenvalue weighted by Crippen LogP contribution is 2.29. The van der Waals surface area contributed by atoms with Crippen molar-refractivity contribution in [3.63, 3.8) is 0 Å². The number of hydrogen-bond acceptors (Lipinski definition) is 4. The average Bonchev–Trinajstić information content (AvgIpc) is 2.41. The third-order valence-electron chi connectivity index (χ3n) is 2.77. The van der Waals surface area contributed by atoms with E-state index < -0.39 is 5.97 Å². The highest BCUT2D eigenvalue weighted by atomic mass is 35.5. The average molecular weight is 277 g/mol. The van der Waals surface area contributed by atoms with Crippen LogP contribution in [0.4, 0.5) is 5.69 Å². The molecule has 0 fully saturated rings. The molecule has 98 valence electrons. The number of aryl methyl sites for hydroxylation is 1. The van der Waals surface area contributed by atoms with E-state index in [4.69, 9.17) is 22.1 Å². The summed E-state index contributed by atoms with van der Waals surface area (Å²) >= 11 is 6.12. The fourth-order valence-electron chi connectivity index (χ4n) is 1.74. The summed E-state index contributed by atoms with van der Waals surface area (Å²) in [5, 5.41) is 0.529. The van der Waals surface area contributed by atoms with E-state index in [-0.39, 0.29) is 0 Å². The molecule has 0 unspecified atom stereocenters. The van der Waals surface area contributed by atoms with Gasteiger partial charge in [-0.25, -0.2) is 4.79 Å². The molecule has 0 bridgehead atoms. The Morgan fingerprint density at radius 3 is 2.79 bits per heavy atom. The van der Waals surface area contributed by atoms with Crippen molar-refractivity contribution < 1.29 is 9.53 Å². The van der Waals surface area contributed by atoms with Crippen LogP contribution in [0.2, 0.25) is 5.02 Å². The third kappa shape index (κ3) is 2.69. The zero-order valence-electron chi connectivity index (χ0n) is 10.6. The first-order valence-corrected chi connectivity index (χ1v) is 6.01. The lowest BCUT2D eigenvalue weighted by Gasteiger charge is -2.08. The van der Waals surface area contributed by atoms with Crippen molar-refractivity contribution in [2.24, 2.45) is 0 Å². The van der Waals surface area contributed by atoms with Crippen molar-refractivity contribution in [1.82, 2.24) is 4.98 Å². The molecule has 19 heavy (non-hydrogen) atoms. The van der Waals surface area contributed by atoms with E-state index in [0.717, 1.165) is 5.56 Å². The predicted octanol–water partition coefficient (Wildman–Crippen LogP) is 3.08. The van der Waals surface area contributed by atoms with Gasteiger partial charge in [0.05, 0.1) is 23.4 Å². The number of carbonyl (C=O) groups is 1. The Balaban J connectivity index is 2.57. The SMILES string of the molecule is COC(=O)c1cc(-c2cc(N)ccc2Cl)ncc1C.